The van der Waals surface area contributed by atoms with Crippen LogP contribution in [0.5, 0.6) is 0 Å². The maximum absolute atomic E-state index is 4.49. The number of hydrogen-bond donors (Lipinski definition) is 4. The van der Waals surface area contributed by atoms with Crippen molar-refractivity contribution < 1.29 is 0 Å². The number of H-pyrrole nitrogens is 2. The van der Waals surface area contributed by atoms with E-state index in [0.717, 1.165) is 86.3 Å². The lowest BCUT2D eigenvalue weighted by atomic mass is 10.2. The molecule has 2 heterocycles. The Bertz CT molecular complexity index is 1100. The van der Waals surface area contributed by atoms with Crippen LogP contribution in [0.1, 0.15) is 24.2 Å². The standard InChI is InChI=1S/C28H34N8/c1-3-9-23(10-4-1)27-33-21-25(35-27)19-31-15-7-13-29-17-18-30-14-8-16-32-20-26-22-34-28(36-26)24-11-5-2-6-12-24/h1-6,9-12,19-22,29-30H,7-8,13-18H2,(H,33,35)(H,34,36). The zero-order valence-electron chi connectivity index (χ0n) is 20.5. The number of aromatic amines is 2. The van der Waals surface area contributed by atoms with Crippen LogP contribution in [0.2, 0.25) is 0 Å². The number of hydrogen-bond acceptors (Lipinski definition) is 6. The van der Waals surface area contributed by atoms with Crippen molar-refractivity contribution in [3.63, 3.8) is 0 Å². The smallest absolute Gasteiger partial charge is 0.137 e. The molecule has 0 fully saturated rings. The highest BCUT2D eigenvalue weighted by Crippen LogP contribution is 2.14. The lowest BCUT2D eigenvalue weighted by Gasteiger charge is -2.05. The van der Waals surface area contributed by atoms with Crippen molar-refractivity contribution in [1.82, 2.24) is 30.6 Å². The van der Waals surface area contributed by atoms with Gasteiger partial charge in [0.1, 0.15) is 11.6 Å². The fourth-order valence-corrected chi connectivity index (χ4v) is 3.63. The third kappa shape index (κ3) is 8.41. The van der Waals surface area contributed by atoms with E-state index in [0.29, 0.717) is 0 Å². The Morgan fingerprint density at radius 2 is 1.06 bits per heavy atom. The SMILES string of the molecule is C(=NCCCNCCNCCCN=Cc1cnc(-c2ccccc2)[nH]1)c1cnc(-c2ccccc2)[nH]1. The van der Waals surface area contributed by atoms with Crippen LogP contribution in [0.15, 0.2) is 83.0 Å². The van der Waals surface area contributed by atoms with Crippen LogP contribution in [0.25, 0.3) is 22.8 Å². The normalized spacial score (nSPS) is 11.7. The average Bonchev–Trinajstić information content (AvgIpc) is 3.60. The molecule has 0 amide bonds. The van der Waals surface area contributed by atoms with Crippen LogP contribution < -0.4 is 10.6 Å². The van der Waals surface area contributed by atoms with E-state index in [9.17, 15) is 0 Å². The van der Waals surface area contributed by atoms with Crippen molar-refractivity contribution in [1.29, 1.82) is 0 Å². The van der Waals surface area contributed by atoms with Crippen LogP contribution in [-0.4, -0.2) is 71.6 Å². The van der Waals surface area contributed by atoms with Crippen LogP contribution in [0.4, 0.5) is 0 Å². The Kier molecular flexibility index (Phi) is 10.2. The van der Waals surface area contributed by atoms with Gasteiger partial charge in [-0.25, -0.2) is 9.97 Å². The van der Waals surface area contributed by atoms with Crippen LogP contribution in [0.3, 0.4) is 0 Å². The van der Waals surface area contributed by atoms with E-state index >= 15 is 0 Å². The fourth-order valence-electron chi connectivity index (χ4n) is 3.63. The number of benzene rings is 2. The molecular weight excluding hydrogens is 448 g/mol. The lowest BCUT2D eigenvalue weighted by molar-refractivity contribution is 0.591. The molecule has 8 heteroatoms. The number of aromatic nitrogens is 4. The van der Waals surface area contributed by atoms with E-state index in [1.165, 1.54) is 0 Å². The Balaban J connectivity index is 0.979. The molecule has 0 radical (unpaired) electrons. The van der Waals surface area contributed by atoms with Gasteiger partial charge in [-0.2, -0.15) is 0 Å². The predicted octanol–water partition coefficient (Wildman–Crippen LogP) is 3.96. The Hall–Kier alpha value is -3.88. The van der Waals surface area contributed by atoms with Crippen LogP contribution in [-0.2, 0) is 0 Å². The number of nitrogens with zero attached hydrogens (tertiary/aromatic N) is 4. The summed E-state index contributed by atoms with van der Waals surface area (Å²) in [5.41, 5.74) is 4.01. The number of rotatable bonds is 15. The molecule has 0 saturated carbocycles. The van der Waals surface area contributed by atoms with Gasteiger partial charge in [-0.15, -0.1) is 0 Å². The molecule has 36 heavy (non-hydrogen) atoms. The largest absolute Gasteiger partial charge is 0.337 e. The third-order valence-corrected chi connectivity index (χ3v) is 5.51. The second kappa shape index (κ2) is 14.5. The molecule has 0 atom stereocenters. The number of imidazole rings is 2. The van der Waals surface area contributed by atoms with Gasteiger partial charge in [0.2, 0.25) is 0 Å². The minimum absolute atomic E-state index is 0.793. The summed E-state index contributed by atoms with van der Waals surface area (Å²) in [4.78, 5) is 24.4. The van der Waals surface area contributed by atoms with E-state index in [-0.39, 0.29) is 0 Å². The molecule has 186 valence electrons. The highest BCUT2D eigenvalue weighted by molar-refractivity contribution is 5.78. The summed E-state index contributed by atoms with van der Waals surface area (Å²) >= 11 is 0. The van der Waals surface area contributed by atoms with Gasteiger partial charge in [0, 0.05) is 49.7 Å². The van der Waals surface area contributed by atoms with Gasteiger partial charge < -0.3 is 20.6 Å². The highest BCUT2D eigenvalue weighted by atomic mass is 14.9. The molecule has 0 spiro atoms. The maximum Gasteiger partial charge on any atom is 0.137 e. The van der Waals surface area contributed by atoms with Gasteiger partial charge >= 0.3 is 0 Å². The van der Waals surface area contributed by atoms with Crippen molar-refractivity contribution in [2.24, 2.45) is 9.98 Å². The number of nitrogens with one attached hydrogen (secondary N) is 4. The quantitative estimate of drug-likeness (QED) is 0.152. The van der Waals surface area contributed by atoms with E-state index in [1.54, 1.807) is 0 Å². The van der Waals surface area contributed by atoms with E-state index in [2.05, 4.69) is 40.6 Å². The molecule has 2 aromatic carbocycles. The first-order valence-electron chi connectivity index (χ1n) is 12.5. The molecule has 0 bridgehead atoms. The fraction of sp³-hybridized carbons (Fsp3) is 0.286. The summed E-state index contributed by atoms with van der Waals surface area (Å²) in [6.07, 6.45) is 9.37. The monoisotopic (exact) mass is 482 g/mol. The topological polar surface area (TPSA) is 106 Å². The van der Waals surface area contributed by atoms with E-state index < -0.39 is 0 Å². The first kappa shape index (κ1) is 25.2. The molecule has 0 aliphatic carbocycles. The van der Waals surface area contributed by atoms with Crippen LogP contribution in [0, 0.1) is 0 Å². The number of aliphatic imine (C=N–C) groups is 2. The molecule has 0 aliphatic rings. The van der Waals surface area contributed by atoms with Gasteiger partial charge in [-0.05, 0) is 25.9 Å². The molecule has 4 N–H and O–H groups in total. The minimum Gasteiger partial charge on any atom is -0.337 e. The molecule has 4 aromatic rings. The summed E-state index contributed by atoms with van der Waals surface area (Å²) in [5, 5.41) is 6.90. The first-order chi connectivity index (χ1) is 17.9. The van der Waals surface area contributed by atoms with Gasteiger partial charge in [0.25, 0.3) is 0 Å². The van der Waals surface area contributed by atoms with Crippen molar-refractivity contribution in [3.8, 4) is 22.8 Å². The summed E-state index contributed by atoms with van der Waals surface area (Å²) in [7, 11) is 0. The van der Waals surface area contributed by atoms with E-state index in [1.807, 2.05) is 85.5 Å². The second-order valence-electron chi connectivity index (χ2n) is 8.38. The summed E-state index contributed by atoms with van der Waals surface area (Å²) < 4.78 is 0. The summed E-state index contributed by atoms with van der Waals surface area (Å²) in [6.45, 7) is 5.39. The molecule has 2 aromatic heterocycles. The van der Waals surface area contributed by atoms with E-state index in [4.69, 9.17) is 0 Å². The van der Waals surface area contributed by atoms with Gasteiger partial charge in [0.15, 0.2) is 0 Å². The van der Waals surface area contributed by atoms with Gasteiger partial charge in [-0.3, -0.25) is 9.98 Å². The second-order valence-corrected chi connectivity index (χ2v) is 8.38. The van der Waals surface area contributed by atoms with Crippen molar-refractivity contribution in [2.45, 2.75) is 12.8 Å². The van der Waals surface area contributed by atoms with Crippen molar-refractivity contribution in [2.75, 3.05) is 39.3 Å². The zero-order valence-corrected chi connectivity index (χ0v) is 20.5. The Morgan fingerprint density at radius 3 is 1.50 bits per heavy atom. The third-order valence-electron chi connectivity index (χ3n) is 5.51. The average molecular weight is 483 g/mol. The summed E-state index contributed by atoms with van der Waals surface area (Å²) in [5.74, 6) is 1.74. The summed E-state index contributed by atoms with van der Waals surface area (Å²) in [6, 6.07) is 20.2. The van der Waals surface area contributed by atoms with Crippen molar-refractivity contribution in [3.05, 3.63) is 84.4 Å². The zero-order chi connectivity index (χ0) is 24.7. The Labute approximate surface area is 212 Å². The molecular formula is C28H34N8. The van der Waals surface area contributed by atoms with Gasteiger partial charge in [0.05, 0.1) is 23.8 Å². The minimum atomic E-state index is 0.793. The van der Waals surface area contributed by atoms with Gasteiger partial charge in [-0.1, -0.05) is 60.7 Å². The maximum atomic E-state index is 4.49. The Morgan fingerprint density at radius 1 is 0.611 bits per heavy atom. The van der Waals surface area contributed by atoms with Crippen LogP contribution >= 0.6 is 0 Å². The lowest BCUT2D eigenvalue weighted by Crippen LogP contribution is -2.29. The first-order valence-corrected chi connectivity index (χ1v) is 12.5. The molecule has 0 saturated heterocycles. The van der Waals surface area contributed by atoms with Crippen molar-refractivity contribution >= 4 is 12.4 Å². The molecule has 0 aliphatic heterocycles. The highest BCUT2D eigenvalue weighted by Gasteiger charge is 2.01. The molecule has 0 unspecified atom stereocenters. The molecule has 8 nitrogen and oxygen atoms in total. The predicted molar refractivity (Wildman–Crippen MR) is 148 cm³/mol. The molecule has 4 rings (SSSR count).